The molecule has 0 atom stereocenters. The van der Waals surface area contributed by atoms with Crippen LogP contribution in [0.15, 0.2) is 46.2 Å². The highest BCUT2D eigenvalue weighted by atomic mass is 32.6. The van der Waals surface area contributed by atoms with E-state index in [0.717, 1.165) is 0 Å². The zero-order chi connectivity index (χ0) is 22.2. The summed E-state index contributed by atoms with van der Waals surface area (Å²) in [5, 5.41) is 1.57. The molecule has 0 nitrogen and oxygen atoms in total. The Labute approximate surface area is 192 Å². The number of hydrogen-bond donors (Lipinski definition) is 0. The second-order valence-corrected chi connectivity index (χ2v) is 15.5. The third kappa shape index (κ3) is 5.07. The van der Waals surface area contributed by atoms with Gasteiger partial charge in [-0.3, -0.25) is 0 Å². The molecule has 0 spiro atoms. The highest BCUT2D eigenvalue weighted by Crippen LogP contribution is 2.39. The SMILES string of the molecule is Cc1cc(C)c(S[Si-](Sc2c(C)cc(C)cc2C)c2c(C)cc(C)cc2C)c(C)c1. The van der Waals surface area contributed by atoms with Crippen molar-refractivity contribution in [2.45, 2.75) is 72.1 Å². The van der Waals surface area contributed by atoms with E-state index in [1.165, 1.54) is 59.9 Å². The van der Waals surface area contributed by atoms with Crippen LogP contribution in [-0.4, -0.2) is 7.10 Å². The summed E-state index contributed by atoms with van der Waals surface area (Å²) in [7, 11) is -0.984. The van der Waals surface area contributed by atoms with Crippen molar-refractivity contribution in [1.29, 1.82) is 0 Å². The molecule has 3 aromatic carbocycles. The summed E-state index contributed by atoms with van der Waals surface area (Å²) in [6, 6.07) is 14.0. The van der Waals surface area contributed by atoms with Crippen LogP contribution in [0.3, 0.4) is 0 Å². The Hall–Kier alpha value is -1.42. The lowest BCUT2D eigenvalue weighted by Gasteiger charge is -2.37. The fraction of sp³-hybridized carbons (Fsp3) is 0.333. The van der Waals surface area contributed by atoms with Crippen LogP contribution in [0.4, 0.5) is 0 Å². The van der Waals surface area contributed by atoms with Gasteiger partial charge in [0.05, 0.1) is 0 Å². The van der Waals surface area contributed by atoms with Gasteiger partial charge in [0, 0.05) is 0 Å². The van der Waals surface area contributed by atoms with E-state index < -0.39 is 7.10 Å². The van der Waals surface area contributed by atoms with E-state index in [-0.39, 0.29) is 0 Å². The smallest absolute Gasteiger partial charge is 0.0211 e. The van der Waals surface area contributed by atoms with Crippen molar-refractivity contribution in [3.05, 3.63) is 86.5 Å². The molecule has 0 unspecified atom stereocenters. The number of rotatable bonds is 5. The normalized spacial score (nSPS) is 11.1. The van der Waals surface area contributed by atoms with Crippen LogP contribution in [0.5, 0.6) is 0 Å². The minimum Gasteiger partial charge on any atom is -0.304 e. The molecule has 0 aliphatic rings. The average Bonchev–Trinajstić information content (AvgIpc) is 2.59. The van der Waals surface area contributed by atoms with E-state index in [9.17, 15) is 0 Å². The summed E-state index contributed by atoms with van der Waals surface area (Å²) in [6.45, 7) is 20.3. The molecule has 0 heterocycles. The second-order valence-electron chi connectivity index (χ2n) is 8.72. The van der Waals surface area contributed by atoms with Gasteiger partial charge in [-0.25, -0.2) is 0 Å². The van der Waals surface area contributed by atoms with Crippen LogP contribution in [0.2, 0.25) is 0 Å². The standard InChI is InChI=1S/C27H33S2Si/c1-16-10-19(4)25(20(5)11-16)28-30(27-23(8)14-18(3)15-24(27)9)29-26-21(6)12-17(2)13-22(26)7/h10-15H,1-9H3/q-1. The van der Waals surface area contributed by atoms with Gasteiger partial charge in [-0.05, 0) is 94.4 Å². The average molecular weight is 450 g/mol. The second kappa shape index (κ2) is 9.38. The van der Waals surface area contributed by atoms with Gasteiger partial charge < -0.3 is 22.4 Å². The lowest BCUT2D eigenvalue weighted by Crippen LogP contribution is -2.30. The number of hydrogen-bond acceptors (Lipinski definition) is 2. The molecular formula is C27H33S2Si-. The maximum Gasteiger partial charge on any atom is -0.0211 e. The van der Waals surface area contributed by atoms with Crippen molar-refractivity contribution in [2.24, 2.45) is 0 Å². The van der Waals surface area contributed by atoms with Gasteiger partial charge in [0.15, 0.2) is 0 Å². The third-order valence-electron chi connectivity index (χ3n) is 5.48. The molecule has 3 heteroatoms. The van der Waals surface area contributed by atoms with E-state index in [2.05, 4.69) is 121 Å². The Balaban J connectivity index is 2.14. The van der Waals surface area contributed by atoms with Crippen LogP contribution in [0.1, 0.15) is 50.1 Å². The topological polar surface area (TPSA) is 0 Å². The third-order valence-corrected chi connectivity index (χ3v) is 13.8. The first-order chi connectivity index (χ1) is 14.1. The van der Waals surface area contributed by atoms with Crippen molar-refractivity contribution in [2.75, 3.05) is 0 Å². The molecule has 158 valence electrons. The summed E-state index contributed by atoms with van der Waals surface area (Å²) in [5.41, 5.74) is 12.5. The number of benzene rings is 3. The van der Waals surface area contributed by atoms with E-state index in [1.54, 1.807) is 5.19 Å². The quantitative estimate of drug-likeness (QED) is 0.365. The van der Waals surface area contributed by atoms with Crippen molar-refractivity contribution >= 4 is 34.7 Å². The van der Waals surface area contributed by atoms with E-state index in [0.29, 0.717) is 0 Å². The van der Waals surface area contributed by atoms with E-state index in [4.69, 9.17) is 0 Å². The fourth-order valence-electron chi connectivity index (χ4n) is 4.47. The molecule has 0 fully saturated rings. The lowest BCUT2D eigenvalue weighted by atomic mass is 10.1. The van der Waals surface area contributed by atoms with Crippen molar-refractivity contribution in [1.82, 2.24) is 0 Å². The molecule has 0 aliphatic heterocycles. The van der Waals surface area contributed by atoms with Gasteiger partial charge in [-0.2, -0.15) is 5.19 Å². The zero-order valence-corrected chi connectivity index (χ0v) is 22.4. The van der Waals surface area contributed by atoms with Crippen molar-refractivity contribution < 1.29 is 0 Å². The predicted molar refractivity (Wildman–Crippen MR) is 139 cm³/mol. The molecular weight excluding hydrogens is 417 g/mol. The molecule has 0 aliphatic carbocycles. The van der Waals surface area contributed by atoms with Crippen molar-refractivity contribution in [3.8, 4) is 0 Å². The van der Waals surface area contributed by atoms with Crippen LogP contribution in [0.25, 0.3) is 0 Å². The van der Waals surface area contributed by atoms with Gasteiger partial charge >= 0.3 is 0 Å². The highest BCUT2D eigenvalue weighted by Gasteiger charge is 2.13. The van der Waals surface area contributed by atoms with Gasteiger partial charge in [0.25, 0.3) is 0 Å². The van der Waals surface area contributed by atoms with Crippen LogP contribution in [-0.2, 0) is 0 Å². The molecule has 0 aromatic heterocycles. The largest absolute Gasteiger partial charge is 0.304 e. The fourth-order valence-corrected chi connectivity index (χ4v) is 14.3. The first-order valence-electron chi connectivity index (χ1n) is 10.5. The maximum absolute atomic E-state index is 2.36. The molecule has 30 heavy (non-hydrogen) atoms. The highest BCUT2D eigenvalue weighted by molar-refractivity contribution is 8.55. The van der Waals surface area contributed by atoms with Gasteiger partial charge in [-0.1, -0.05) is 64.2 Å². The Morgan fingerprint density at radius 3 is 1.00 bits per heavy atom. The summed E-state index contributed by atoms with van der Waals surface area (Å²) in [4.78, 5) is 2.92. The molecule has 0 bridgehead atoms. The first-order valence-corrected chi connectivity index (χ1v) is 15.1. The predicted octanol–water partition coefficient (Wildman–Crippen LogP) is 7.74. The zero-order valence-electron chi connectivity index (χ0n) is 19.8. The van der Waals surface area contributed by atoms with Gasteiger partial charge in [0.1, 0.15) is 0 Å². The summed E-state index contributed by atoms with van der Waals surface area (Å²) in [6.07, 6.45) is 0. The first kappa shape index (κ1) is 23.2. The summed E-state index contributed by atoms with van der Waals surface area (Å²) >= 11 is 4.24. The molecule has 0 amide bonds. The summed E-state index contributed by atoms with van der Waals surface area (Å²) in [5.74, 6) is 0. The summed E-state index contributed by atoms with van der Waals surface area (Å²) < 4.78 is 0. The Morgan fingerprint density at radius 1 is 0.433 bits per heavy atom. The molecule has 0 saturated carbocycles. The monoisotopic (exact) mass is 449 g/mol. The Kier molecular flexibility index (Phi) is 7.27. The maximum atomic E-state index is 2.36. The molecule has 3 rings (SSSR count). The minimum absolute atomic E-state index is 0.984. The number of aryl methyl sites for hydroxylation is 9. The van der Waals surface area contributed by atoms with Crippen LogP contribution in [0, 0.1) is 62.3 Å². The van der Waals surface area contributed by atoms with Crippen molar-refractivity contribution in [3.63, 3.8) is 0 Å². The Bertz CT molecular complexity index is 969. The van der Waals surface area contributed by atoms with Gasteiger partial charge in [-0.15, -0.1) is 7.10 Å². The molecule has 0 saturated heterocycles. The molecule has 0 N–H and O–H groups in total. The lowest BCUT2D eigenvalue weighted by molar-refractivity contribution is 1.19. The van der Waals surface area contributed by atoms with Crippen LogP contribution >= 0.6 is 22.4 Å². The Morgan fingerprint density at radius 2 is 0.700 bits per heavy atom. The van der Waals surface area contributed by atoms with Gasteiger partial charge in [0.2, 0.25) is 0 Å². The van der Waals surface area contributed by atoms with Crippen LogP contribution < -0.4 is 5.19 Å². The minimum atomic E-state index is -0.984. The molecule has 0 radical (unpaired) electrons. The molecule has 3 aromatic rings. The van der Waals surface area contributed by atoms with E-state index in [1.807, 2.05) is 0 Å². The van der Waals surface area contributed by atoms with E-state index >= 15 is 0 Å².